The maximum absolute atomic E-state index is 11.7. The van der Waals surface area contributed by atoms with Gasteiger partial charge in [0.25, 0.3) is 0 Å². The molecule has 0 radical (unpaired) electrons. The van der Waals surface area contributed by atoms with Crippen LogP contribution >= 0.6 is 0 Å². The summed E-state index contributed by atoms with van der Waals surface area (Å²) in [5.41, 5.74) is 2.52. The largest absolute Gasteiger partial charge is 0.497 e. The van der Waals surface area contributed by atoms with Crippen molar-refractivity contribution in [1.82, 2.24) is 0 Å². The fourth-order valence-corrected chi connectivity index (χ4v) is 1.89. The molecule has 19 heavy (non-hydrogen) atoms. The van der Waals surface area contributed by atoms with Crippen LogP contribution in [0, 0.1) is 0 Å². The Hall–Kier alpha value is -1.57. The second-order valence-electron chi connectivity index (χ2n) is 5.06. The van der Waals surface area contributed by atoms with Gasteiger partial charge in [0.1, 0.15) is 11.5 Å². The van der Waals surface area contributed by atoms with Gasteiger partial charge in [-0.15, -0.1) is 0 Å². The molecule has 0 saturated heterocycles. The maximum atomic E-state index is 11.7. The Balaban J connectivity index is 2.23. The Morgan fingerprint density at radius 1 is 1.16 bits per heavy atom. The summed E-state index contributed by atoms with van der Waals surface area (Å²) in [6.07, 6.45) is 6.33. The number of carbonyl (C=O) groups is 1. The number of ketones is 1. The molecule has 0 N–H and O–H groups in total. The molecule has 1 rings (SSSR count). The summed E-state index contributed by atoms with van der Waals surface area (Å²) in [5, 5.41) is 0. The fraction of sp³-hybridized carbons (Fsp3) is 0.471. The van der Waals surface area contributed by atoms with Gasteiger partial charge in [-0.25, -0.2) is 0 Å². The molecule has 2 nitrogen and oxygen atoms in total. The van der Waals surface area contributed by atoms with Gasteiger partial charge in [-0.05, 0) is 50.8 Å². The highest BCUT2D eigenvalue weighted by molar-refractivity contribution is 5.78. The normalized spacial score (nSPS) is 10.1. The molecule has 1 aromatic carbocycles. The molecule has 0 aliphatic carbocycles. The average Bonchev–Trinajstić information content (AvgIpc) is 2.41. The van der Waals surface area contributed by atoms with Crippen molar-refractivity contribution in [3.63, 3.8) is 0 Å². The molecule has 0 amide bonds. The van der Waals surface area contributed by atoms with Crippen LogP contribution in [-0.2, 0) is 11.2 Å². The van der Waals surface area contributed by atoms with E-state index in [9.17, 15) is 4.79 Å². The van der Waals surface area contributed by atoms with E-state index >= 15 is 0 Å². The predicted molar refractivity (Wildman–Crippen MR) is 79.6 cm³/mol. The number of ether oxygens (including phenoxy) is 1. The van der Waals surface area contributed by atoms with E-state index in [4.69, 9.17) is 4.74 Å². The van der Waals surface area contributed by atoms with Gasteiger partial charge in [-0.1, -0.05) is 23.8 Å². The van der Waals surface area contributed by atoms with Crippen LogP contribution in [0.3, 0.4) is 0 Å². The van der Waals surface area contributed by atoms with Gasteiger partial charge in [-0.2, -0.15) is 0 Å². The Morgan fingerprint density at radius 2 is 1.84 bits per heavy atom. The van der Waals surface area contributed by atoms with E-state index in [2.05, 4.69) is 19.9 Å². The third kappa shape index (κ3) is 6.80. The van der Waals surface area contributed by atoms with E-state index in [1.165, 1.54) is 11.1 Å². The lowest BCUT2D eigenvalue weighted by Gasteiger charge is -2.03. The van der Waals surface area contributed by atoms with Crippen LogP contribution in [0.15, 0.2) is 35.9 Å². The van der Waals surface area contributed by atoms with Gasteiger partial charge in [0.2, 0.25) is 0 Å². The summed E-state index contributed by atoms with van der Waals surface area (Å²) in [7, 11) is 1.66. The number of methoxy groups -OCH3 is 1. The zero-order valence-corrected chi connectivity index (χ0v) is 12.2. The first-order valence-corrected chi connectivity index (χ1v) is 6.90. The van der Waals surface area contributed by atoms with Crippen LogP contribution < -0.4 is 4.74 Å². The number of rotatable bonds is 8. The van der Waals surface area contributed by atoms with Crippen molar-refractivity contribution in [3.05, 3.63) is 41.5 Å². The summed E-state index contributed by atoms with van der Waals surface area (Å²) >= 11 is 0. The van der Waals surface area contributed by atoms with E-state index in [0.717, 1.165) is 25.0 Å². The summed E-state index contributed by atoms with van der Waals surface area (Å²) in [4.78, 5) is 11.7. The third-order valence-corrected chi connectivity index (χ3v) is 3.06. The Bertz CT molecular complexity index is 411. The minimum atomic E-state index is 0.359. The molecular weight excluding hydrogens is 236 g/mol. The van der Waals surface area contributed by atoms with E-state index in [1.807, 2.05) is 24.3 Å². The summed E-state index contributed by atoms with van der Waals surface area (Å²) in [6, 6.07) is 7.92. The van der Waals surface area contributed by atoms with Gasteiger partial charge < -0.3 is 4.74 Å². The quantitative estimate of drug-likeness (QED) is 0.513. The number of hydrogen-bond acceptors (Lipinski definition) is 2. The van der Waals surface area contributed by atoms with Crippen LogP contribution in [0.25, 0.3) is 0 Å². The van der Waals surface area contributed by atoms with E-state index in [1.54, 1.807) is 7.11 Å². The molecule has 0 unspecified atom stereocenters. The third-order valence-electron chi connectivity index (χ3n) is 3.06. The minimum absolute atomic E-state index is 0.359. The Morgan fingerprint density at radius 3 is 2.42 bits per heavy atom. The lowest BCUT2D eigenvalue weighted by atomic mass is 10.0. The molecule has 104 valence electrons. The second kappa shape index (κ2) is 8.52. The zero-order valence-electron chi connectivity index (χ0n) is 12.2. The number of aryl methyl sites for hydroxylation is 1. The standard InChI is InChI=1S/C17H24O2/c1-14(2)6-4-5-7-16(18)11-8-15-9-12-17(19-3)13-10-15/h6,9-10,12-13H,4-5,7-8,11H2,1-3H3. The number of unbranched alkanes of at least 4 members (excludes halogenated alkanes) is 1. The molecular formula is C17H24O2. The topological polar surface area (TPSA) is 26.3 Å². The highest BCUT2D eigenvalue weighted by atomic mass is 16.5. The molecule has 2 heteroatoms. The summed E-state index contributed by atoms with van der Waals surface area (Å²) < 4.78 is 5.11. The second-order valence-corrected chi connectivity index (χ2v) is 5.06. The highest BCUT2D eigenvalue weighted by Gasteiger charge is 2.02. The fourth-order valence-electron chi connectivity index (χ4n) is 1.89. The lowest BCUT2D eigenvalue weighted by molar-refractivity contribution is -0.119. The Labute approximate surface area is 116 Å². The molecule has 1 aromatic rings. The van der Waals surface area contributed by atoms with Crippen LogP contribution in [0.1, 0.15) is 45.1 Å². The monoisotopic (exact) mass is 260 g/mol. The van der Waals surface area contributed by atoms with E-state index in [0.29, 0.717) is 18.6 Å². The first-order chi connectivity index (χ1) is 9.11. The van der Waals surface area contributed by atoms with Crippen molar-refractivity contribution in [2.75, 3.05) is 7.11 Å². The van der Waals surface area contributed by atoms with Crippen LogP contribution in [0.2, 0.25) is 0 Å². The van der Waals surface area contributed by atoms with E-state index in [-0.39, 0.29) is 0 Å². The minimum Gasteiger partial charge on any atom is -0.497 e. The SMILES string of the molecule is COc1ccc(CCC(=O)CCCC=C(C)C)cc1. The zero-order chi connectivity index (χ0) is 14.1. The first kappa shape index (κ1) is 15.5. The summed E-state index contributed by atoms with van der Waals surface area (Å²) in [5.74, 6) is 1.22. The van der Waals surface area contributed by atoms with Crippen molar-refractivity contribution in [3.8, 4) is 5.75 Å². The van der Waals surface area contributed by atoms with Gasteiger partial charge >= 0.3 is 0 Å². The Kier molecular flexibility index (Phi) is 6.94. The first-order valence-electron chi connectivity index (χ1n) is 6.90. The van der Waals surface area contributed by atoms with Crippen molar-refractivity contribution in [2.24, 2.45) is 0 Å². The maximum Gasteiger partial charge on any atom is 0.133 e. The van der Waals surface area contributed by atoms with Gasteiger partial charge in [0.05, 0.1) is 7.11 Å². The molecule has 0 spiro atoms. The molecule has 0 heterocycles. The lowest BCUT2D eigenvalue weighted by Crippen LogP contribution is -2.00. The molecule has 0 saturated carbocycles. The van der Waals surface area contributed by atoms with Crippen molar-refractivity contribution < 1.29 is 9.53 Å². The predicted octanol–water partition coefficient (Wildman–Crippen LogP) is 4.33. The molecule has 0 aliphatic heterocycles. The molecule has 0 aromatic heterocycles. The smallest absolute Gasteiger partial charge is 0.133 e. The van der Waals surface area contributed by atoms with Crippen LogP contribution in [0.4, 0.5) is 0 Å². The van der Waals surface area contributed by atoms with Crippen molar-refractivity contribution >= 4 is 5.78 Å². The number of Topliss-reactive ketones (excluding diaryl/α,β-unsaturated/α-hetero) is 1. The number of hydrogen-bond donors (Lipinski definition) is 0. The van der Waals surface area contributed by atoms with Gasteiger partial charge in [0, 0.05) is 12.8 Å². The summed E-state index contributed by atoms with van der Waals surface area (Å²) in [6.45, 7) is 4.18. The van der Waals surface area contributed by atoms with E-state index < -0.39 is 0 Å². The van der Waals surface area contributed by atoms with Crippen molar-refractivity contribution in [2.45, 2.75) is 46.0 Å². The molecule has 0 bridgehead atoms. The van der Waals surface area contributed by atoms with Crippen LogP contribution in [0.5, 0.6) is 5.75 Å². The number of carbonyl (C=O) groups excluding carboxylic acids is 1. The van der Waals surface area contributed by atoms with Gasteiger partial charge in [0.15, 0.2) is 0 Å². The van der Waals surface area contributed by atoms with Gasteiger partial charge in [-0.3, -0.25) is 4.79 Å². The van der Waals surface area contributed by atoms with Crippen LogP contribution in [-0.4, -0.2) is 12.9 Å². The molecule has 0 aliphatic rings. The number of benzene rings is 1. The molecule has 0 fully saturated rings. The number of allylic oxidation sites excluding steroid dienone is 2. The average molecular weight is 260 g/mol. The highest BCUT2D eigenvalue weighted by Crippen LogP contribution is 2.13. The van der Waals surface area contributed by atoms with Crippen molar-refractivity contribution in [1.29, 1.82) is 0 Å². The molecule has 0 atom stereocenters.